The van der Waals surface area contributed by atoms with E-state index in [-0.39, 0.29) is 5.56 Å². The normalized spacial score (nSPS) is 10.8. The minimum Gasteiger partial charge on any atom is -0.362 e. The SMILES string of the molecule is Cc1cc(=O)[nH]c(CNc2nc3ccccc3cc2Br)n1. The number of rotatable bonds is 3. The van der Waals surface area contributed by atoms with Crippen LogP contribution in [-0.2, 0) is 6.54 Å². The molecule has 21 heavy (non-hydrogen) atoms. The summed E-state index contributed by atoms with van der Waals surface area (Å²) in [6, 6.07) is 11.4. The Kier molecular flexibility index (Phi) is 3.70. The maximum absolute atomic E-state index is 11.4. The number of halogens is 1. The number of nitrogens with one attached hydrogen (secondary N) is 2. The lowest BCUT2D eigenvalue weighted by molar-refractivity contribution is 0.902. The molecule has 0 aliphatic carbocycles. The number of H-pyrrole nitrogens is 1. The van der Waals surface area contributed by atoms with Gasteiger partial charge in [-0.05, 0) is 35.0 Å². The lowest BCUT2D eigenvalue weighted by Gasteiger charge is -2.09. The molecule has 0 aliphatic heterocycles. The minimum absolute atomic E-state index is 0.148. The van der Waals surface area contributed by atoms with E-state index in [9.17, 15) is 4.79 Å². The van der Waals surface area contributed by atoms with Gasteiger partial charge in [0, 0.05) is 17.1 Å². The van der Waals surface area contributed by atoms with Crippen LogP contribution in [-0.4, -0.2) is 15.0 Å². The van der Waals surface area contributed by atoms with Crippen LogP contribution < -0.4 is 10.9 Å². The fourth-order valence-electron chi connectivity index (χ4n) is 2.11. The summed E-state index contributed by atoms with van der Waals surface area (Å²) in [7, 11) is 0. The lowest BCUT2D eigenvalue weighted by atomic mass is 10.2. The summed E-state index contributed by atoms with van der Waals surface area (Å²) in [6.07, 6.45) is 0. The number of nitrogens with zero attached hydrogens (tertiary/aromatic N) is 2. The van der Waals surface area contributed by atoms with Gasteiger partial charge in [0.1, 0.15) is 11.6 Å². The summed E-state index contributed by atoms with van der Waals surface area (Å²) in [4.78, 5) is 23.0. The van der Waals surface area contributed by atoms with Crippen LogP contribution in [0.4, 0.5) is 5.82 Å². The zero-order valence-electron chi connectivity index (χ0n) is 11.4. The average molecular weight is 345 g/mol. The highest BCUT2D eigenvalue weighted by Crippen LogP contribution is 2.25. The Morgan fingerprint density at radius 2 is 2.05 bits per heavy atom. The van der Waals surface area contributed by atoms with Gasteiger partial charge in [0.15, 0.2) is 0 Å². The summed E-state index contributed by atoms with van der Waals surface area (Å²) in [6.45, 7) is 2.20. The Bertz CT molecular complexity index is 860. The van der Waals surface area contributed by atoms with E-state index in [1.165, 1.54) is 6.07 Å². The van der Waals surface area contributed by atoms with Gasteiger partial charge in [-0.15, -0.1) is 0 Å². The predicted octanol–water partition coefficient (Wildman–Crippen LogP) is 3.00. The Morgan fingerprint density at radius 3 is 2.86 bits per heavy atom. The summed E-state index contributed by atoms with van der Waals surface area (Å²) >= 11 is 3.50. The topological polar surface area (TPSA) is 70.7 Å². The minimum atomic E-state index is -0.148. The Labute approximate surface area is 129 Å². The third kappa shape index (κ3) is 3.11. The molecule has 0 unspecified atom stereocenters. The third-order valence-electron chi connectivity index (χ3n) is 3.02. The van der Waals surface area contributed by atoms with Gasteiger partial charge in [0.05, 0.1) is 16.5 Å². The van der Waals surface area contributed by atoms with Crippen LogP contribution in [0.25, 0.3) is 10.9 Å². The molecule has 5 nitrogen and oxygen atoms in total. The van der Waals surface area contributed by atoms with Gasteiger partial charge < -0.3 is 10.3 Å². The van der Waals surface area contributed by atoms with Gasteiger partial charge in [0.2, 0.25) is 0 Å². The molecule has 6 heteroatoms. The molecule has 106 valence electrons. The third-order valence-corrected chi connectivity index (χ3v) is 3.62. The van der Waals surface area contributed by atoms with Crippen LogP contribution in [0.15, 0.2) is 45.7 Å². The first kappa shape index (κ1) is 13.8. The molecule has 2 heterocycles. The van der Waals surface area contributed by atoms with Crippen molar-refractivity contribution in [1.82, 2.24) is 15.0 Å². The van der Waals surface area contributed by atoms with E-state index >= 15 is 0 Å². The molecule has 3 aromatic rings. The molecule has 0 atom stereocenters. The summed E-state index contributed by atoms with van der Waals surface area (Å²) in [5.41, 5.74) is 1.46. The van der Waals surface area contributed by atoms with Crippen LogP contribution in [0.5, 0.6) is 0 Å². The van der Waals surface area contributed by atoms with Crippen molar-refractivity contribution in [2.75, 3.05) is 5.32 Å². The summed E-state index contributed by atoms with van der Waals surface area (Å²) < 4.78 is 0.871. The molecule has 0 saturated heterocycles. The maximum Gasteiger partial charge on any atom is 0.251 e. The number of hydrogen-bond acceptors (Lipinski definition) is 4. The number of aromatic amines is 1. The Hall–Kier alpha value is -2.21. The summed E-state index contributed by atoms with van der Waals surface area (Å²) in [5.74, 6) is 1.31. The van der Waals surface area contributed by atoms with Gasteiger partial charge in [-0.1, -0.05) is 18.2 Å². The number of pyridine rings is 1. The molecule has 0 aliphatic rings. The molecular formula is C15H13BrN4O. The molecule has 2 N–H and O–H groups in total. The fourth-order valence-corrected chi connectivity index (χ4v) is 2.58. The Balaban J connectivity index is 1.87. The number of para-hydroxylation sites is 1. The van der Waals surface area contributed by atoms with Crippen molar-refractivity contribution in [3.8, 4) is 0 Å². The van der Waals surface area contributed by atoms with E-state index in [0.717, 1.165) is 21.2 Å². The Morgan fingerprint density at radius 1 is 1.24 bits per heavy atom. The number of benzene rings is 1. The first-order valence-electron chi connectivity index (χ1n) is 6.48. The van der Waals surface area contributed by atoms with Crippen LogP contribution in [0.2, 0.25) is 0 Å². The van der Waals surface area contributed by atoms with E-state index in [4.69, 9.17) is 0 Å². The van der Waals surface area contributed by atoms with Crippen molar-refractivity contribution < 1.29 is 0 Å². The second kappa shape index (κ2) is 5.65. The lowest BCUT2D eigenvalue weighted by Crippen LogP contribution is -2.14. The van der Waals surface area contributed by atoms with Crippen molar-refractivity contribution in [3.63, 3.8) is 0 Å². The zero-order chi connectivity index (χ0) is 14.8. The van der Waals surface area contributed by atoms with E-state index in [1.54, 1.807) is 6.92 Å². The molecule has 0 radical (unpaired) electrons. The molecule has 2 aromatic heterocycles. The van der Waals surface area contributed by atoms with E-state index in [1.807, 2.05) is 30.3 Å². The van der Waals surface area contributed by atoms with Gasteiger partial charge in [-0.3, -0.25) is 4.79 Å². The molecule has 0 fully saturated rings. The highest BCUT2D eigenvalue weighted by Gasteiger charge is 2.05. The van der Waals surface area contributed by atoms with E-state index in [0.29, 0.717) is 18.1 Å². The smallest absolute Gasteiger partial charge is 0.251 e. The number of hydrogen-bond donors (Lipinski definition) is 2. The largest absolute Gasteiger partial charge is 0.362 e. The van der Waals surface area contributed by atoms with Gasteiger partial charge in [-0.2, -0.15) is 0 Å². The van der Waals surface area contributed by atoms with Crippen LogP contribution in [0, 0.1) is 6.92 Å². The number of aryl methyl sites for hydroxylation is 1. The zero-order valence-corrected chi connectivity index (χ0v) is 12.9. The second-order valence-electron chi connectivity index (χ2n) is 4.70. The van der Waals surface area contributed by atoms with Gasteiger partial charge >= 0.3 is 0 Å². The molecular weight excluding hydrogens is 332 g/mol. The van der Waals surface area contributed by atoms with Crippen molar-refractivity contribution >= 4 is 32.7 Å². The van der Waals surface area contributed by atoms with E-state index < -0.39 is 0 Å². The van der Waals surface area contributed by atoms with Crippen LogP contribution >= 0.6 is 15.9 Å². The molecule has 0 saturated carbocycles. The quantitative estimate of drug-likeness (QED) is 0.766. The summed E-state index contributed by atoms with van der Waals surface area (Å²) in [5, 5.41) is 4.25. The maximum atomic E-state index is 11.4. The van der Waals surface area contributed by atoms with Crippen molar-refractivity contribution in [1.29, 1.82) is 0 Å². The number of anilines is 1. The first-order chi connectivity index (χ1) is 10.1. The monoisotopic (exact) mass is 344 g/mol. The van der Waals surface area contributed by atoms with E-state index in [2.05, 4.69) is 36.2 Å². The van der Waals surface area contributed by atoms with Crippen molar-refractivity contribution in [3.05, 3.63) is 62.7 Å². The molecule has 3 rings (SSSR count). The highest BCUT2D eigenvalue weighted by atomic mass is 79.9. The molecule has 0 amide bonds. The first-order valence-corrected chi connectivity index (χ1v) is 7.27. The average Bonchev–Trinajstić information content (AvgIpc) is 2.44. The molecule has 0 bridgehead atoms. The number of fused-ring (bicyclic) bond motifs is 1. The predicted molar refractivity (Wildman–Crippen MR) is 86.4 cm³/mol. The van der Waals surface area contributed by atoms with Crippen molar-refractivity contribution in [2.45, 2.75) is 13.5 Å². The molecule has 0 spiro atoms. The fraction of sp³-hybridized carbons (Fsp3) is 0.133. The molecule has 1 aromatic carbocycles. The van der Waals surface area contributed by atoms with Crippen LogP contribution in [0.3, 0.4) is 0 Å². The standard InChI is InChI=1S/C15H13BrN4O/c1-9-6-14(21)20-13(18-9)8-17-15-11(16)7-10-4-2-3-5-12(10)19-15/h2-7H,8H2,1H3,(H,17,19)(H,18,20,21). The van der Waals surface area contributed by atoms with Gasteiger partial charge in [-0.25, -0.2) is 9.97 Å². The van der Waals surface area contributed by atoms with Crippen molar-refractivity contribution in [2.24, 2.45) is 0 Å². The number of aromatic nitrogens is 3. The van der Waals surface area contributed by atoms with Gasteiger partial charge in [0.25, 0.3) is 5.56 Å². The highest BCUT2D eigenvalue weighted by molar-refractivity contribution is 9.10. The second-order valence-corrected chi connectivity index (χ2v) is 5.55. The van der Waals surface area contributed by atoms with Crippen LogP contribution in [0.1, 0.15) is 11.5 Å².